The lowest BCUT2D eigenvalue weighted by molar-refractivity contribution is -0.144. The van der Waals surface area contributed by atoms with Crippen molar-refractivity contribution in [2.24, 2.45) is 0 Å². The molecule has 0 fully saturated rings. The quantitative estimate of drug-likeness (QED) is 0.736. The van der Waals surface area contributed by atoms with E-state index < -0.39 is 0 Å². The number of carbonyl (C=O) groups is 1. The van der Waals surface area contributed by atoms with Crippen molar-refractivity contribution >= 4 is 17.3 Å². The molecule has 0 aliphatic rings. The predicted octanol–water partition coefficient (Wildman–Crippen LogP) is 2.92. The van der Waals surface area contributed by atoms with Crippen molar-refractivity contribution in [1.82, 2.24) is 9.97 Å². The number of hydrogen-bond acceptors (Lipinski definition) is 6. The van der Waals surface area contributed by atoms with Gasteiger partial charge in [0.15, 0.2) is 0 Å². The first-order valence-corrected chi connectivity index (χ1v) is 7.68. The second-order valence-corrected chi connectivity index (χ2v) is 5.32. The van der Waals surface area contributed by atoms with Gasteiger partial charge in [-0.1, -0.05) is 6.07 Å². The maximum atomic E-state index is 11.8. The van der Waals surface area contributed by atoms with Gasteiger partial charge >= 0.3 is 5.97 Å². The number of ether oxygens (including phenoxy) is 2. The van der Waals surface area contributed by atoms with Gasteiger partial charge in [0.05, 0.1) is 17.8 Å². The van der Waals surface area contributed by atoms with Crippen molar-refractivity contribution in [2.45, 2.75) is 33.0 Å². The maximum Gasteiger partial charge on any atom is 0.312 e. The lowest BCUT2D eigenvalue weighted by atomic mass is 10.3. The highest BCUT2D eigenvalue weighted by molar-refractivity contribution is 7.09. The molecule has 0 aliphatic carbocycles. The average molecular weight is 306 g/mol. The van der Waals surface area contributed by atoms with Gasteiger partial charge in [0.25, 0.3) is 0 Å². The number of pyridine rings is 1. The Labute approximate surface area is 128 Å². The minimum absolute atomic E-state index is 0.0433. The van der Waals surface area contributed by atoms with Crippen molar-refractivity contribution in [3.05, 3.63) is 46.2 Å². The standard InChI is InChI=1S/C15H18N2O3S/c1-3-19-11(2)15-17-13(10-21-15)8-14(18)20-9-12-6-4-5-7-16-12/h4-7,10-11H,3,8-9H2,1-2H3. The van der Waals surface area contributed by atoms with Crippen molar-refractivity contribution in [2.75, 3.05) is 6.61 Å². The van der Waals surface area contributed by atoms with E-state index in [-0.39, 0.29) is 25.1 Å². The summed E-state index contributed by atoms with van der Waals surface area (Å²) in [6, 6.07) is 5.50. The van der Waals surface area contributed by atoms with E-state index in [4.69, 9.17) is 9.47 Å². The molecule has 1 unspecified atom stereocenters. The van der Waals surface area contributed by atoms with Crippen LogP contribution in [0.15, 0.2) is 29.8 Å². The van der Waals surface area contributed by atoms with Gasteiger partial charge in [-0.2, -0.15) is 0 Å². The summed E-state index contributed by atoms with van der Waals surface area (Å²) in [5.41, 5.74) is 1.45. The van der Waals surface area contributed by atoms with E-state index >= 15 is 0 Å². The van der Waals surface area contributed by atoms with E-state index in [2.05, 4.69) is 9.97 Å². The third kappa shape index (κ3) is 4.91. The summed E-state index contributed by atoms with van der Waals surface area (Å²) in [7, 11) is 0. The number of hydrogen-bond donors (Lipinski definition) is 0. The number of aromatic nitrogens is 2. The van der Waals surface area contributed by atoms with Gasteiger partial charge in [0.1, 0.15) is 17.7 Å². The Kier molecular flexibility index (Phi) is 5.83. The van der Waals surface area contributed by atoms with Crippen molar-refractivity contribution in [1.29, 1.82) is 0 Å². The summed E-state index contributed by atoms with van der Waals surface area (Å²) in [6.07, 6.45) is 1.80. The topological polar surface area (TPSA) is 61.3 Å². The van der Waals surface area contributed by atoms with Crippen LogP contribution in [0.5, 0.6) is 0 Å². The molecule has 6 heteroatoms. The molecular formula is C15H18N2O3S. The van der Waals surface area contributed by atoms with Crippen molar-refractivity contribution in [3.63, 3.8) is 0 Å². The molecule has 112 valence electrons. The van der Waals surface area contributed by atoms with E-state index in [1.54, 1.807) is 6.20 Å². The van der Waals surface area contributed by atoms with E-state index in [0.717, 1.165) is 10.7 Å². The first-order valence-electron chi connectivity index (χ1n) is 6.80. The van der Waals surface area contributed by atoms with Crippen LogP contribution in [0.2, 0.25) is 0 Å². The Morgan fingerprint density at radius 2 is 2.24 bits per heavy atom. The molecule has 0 radical (unpaired) electrons. The maximum absolute atomic E-state index is 11.8. The van der Waals surface area contributed by atoms with Gasteiger partial charge in [-0.3, -0.25) is 9.78 Å². The number of thiazole rings is 1. The van der Waals surface area contributed by atoms with Crippen LogP contribution in [-0.4, -0.2) is 22.5 Å². The fraction of sp³-hybridized carbons (Fsp3) is 0.400. The normalized spacial score (nSPS) is 12.1. The van der Waals surface area contributed by atoms with E-state index in [0.29, 0.717) is 12.3 Å². The zero-order valence-corrected chi connectivity index (χ0v) is 12.9. The van der Waals surface area contributed by atoms with Gasteiger partial charge in [0, 0.05) is 18.2 Å². The monoisotopic (exact) mass is 306 g/mol. The van der Waals surface area contributed by atoms with E-state index in [1.807, 2.05) is 37.4 Å². The fourth-order valence-electron chi connectivity index (χ4n) is 1.75. The summed E-state index contributed by atoms with van der Waals surface area (Å²) in [5.74, 6) is -0.304. The van der Waals surface area contributed by atoms with Crippen LogP contribution in [0.25, 0.3) is 0 Å². The third-order valence-electron chi connectivity index (χ3n) is 2.77. The summed E-state index contributed by atoms with van der Waals surface area (Å²) in [4.78, 5) is 20.3. The Morgan fingerprint density at radius 3 is 2.95 bits per heavy atom. The second kappa shape index (κ2) is 7.85. The number of carbonyl (C=O) groups excluding carboxylic acids is 1. The van der Waals surface area contributed by atoms with Crippen LogP contribution < -0.4 is 0 Å². The fourth-order valence-corrected chi connectivity index (χ4v) is 2.57. The Balaban J connectivity index is 1.83. The molecule has 0 N–H and O–H groups in total. The average Bonchev–Trinajstić information content (AvgIpc) is 2.95. The Hall–Kier alpha value is -1.79. The Morgan fingerprint density at radius 1 is 1.38 bits per heavy atom. The van der Waals surface area contributed by atoms with Crippen LogP contribution in [0.4, 0.5) is 0 Å². The highest BCUT2D eigenvalue weighted by Gasteiger charge is 2.13. The third-order valence-corrected chi connectivity index (χ3v) is 3.82. The molecule has 0 spiro atoms. The smallest absolute Gasteiger partial charge is 0.312 e. The largest absolute Gasteiger partial charge is 0.459 e. The molecule has 5 nitrogen and oxygen atoms in total. The SMILES string of the molecule is CCOC(C)c1nc(CC(=O)OCc2ccccn2)cs1. The molecular weight excluding hydrogens is 288 g/mol. The molecule has 0 aliphatic heterocycles. The van der Waals surface area contributed by atoms with Gasteiger partial charge in [-0.25, -0.2) is 4.98 Å². The zero-order chi connectivity index (χ0) is 15.1. The molecule has 0 aromatic carbocycles. The summed E-state index contributed by atoms with van der Waals surface area (Å²) in [5, 5.41) is 2.75. The zero-order valence-electron chi connectivity index (χ0n) is 12.1. The van der Waals surface area contributed by atoms with Crippen LogP contribution in [-0.2, 0) is 27.3 Å². The molecule has 1 atom stereocenters. The van der Waals surface area contributed by atoms with E-state index in [1.165, 1.54) is 11.3 Å². The van der Waals surface area contributed by atoms with Gasteiger partial charge < -0.3 is 9.47 Å². The van der Waals surface area contributed by atoms with Crippen molar-refractivity contribution < 1.29 is 14.3 Å². The first kappa shape index (κ1) is 15.6. The molecule has 2 aromatic heterocycles. The predicted molar refractivity (Wildman–Crippen MR) is 79.9 cm³/mol. The molecule has 21 heavy (non-hydrogen) atoms. The number of rotatable bonds is 7. The molecule has 0 saturated heterocycles. The lowest BCUT2D eigenvalue weighted by Crippen LogP contribution is -2.09. The number of nitrogens with zero attached hydrogens (tertiary/aromatic N) is 2. The van der Waals surface area contributed by atoms with E-state index in [9.17, 15) is 4.79 Å². The molecule has 0 bridgehead atoms. The molecule has 2 rings (SSSR count). The van der Waals surface area contributed by atoms with Crippen LogP contribution >= 0.6 is 11.3 Å². The van der Waals surface area contributed by atoms with Crippen molar-refractivity contribution in [3.8, 4) is 0 Å². The van der Waals surface area contributed by atoms with Crippen LogP contribution in [0.1, 0.15) is 36.3 Å². The molecule has 2 aromatic rings. The van der Waals surface area contributed by atoms with Gasteiger partial charge in [-0.15, -0.1) is 11.3 Å². The first-order chi connectivity index (χ1) is 10.2. The molecule has 2 heterocycles. The van der Waals surface area contributed by atoms with Crippen LogP contribution in [0, 0.1) is 0 Å². The minimum atomic E-state index is -0.304. The summed E-state index contributed by atoms with van der Waals surface area (Å²) >= 11 is 1.50. The Bertz CT molecular complexity index is 571. The molecule has 0 amide bonds. The highest BCUT2D eigenvalue weighted by Crippen LogP contribution is 2.21. The van der Waals surface area contributed by atoms with Gasteiger partial charge in [-0.05, 0) is 26.0 Å². The molecule has 0 saturated carbocycles. The second-order valence-electron chi connectivity index (χ2n) is 4.43. The minimum Gasteiger partial charge on any atom is -0.459 e. The highest BCUT2D eigenvalue weighted by atomic mass is 32.1. The lowest BCUT2D eigenvalue weighted by Gasteiger charge is -2.07. The van der Waals surface area contributed by atoms with Gasteiger partial charge in [0.2, 0.25) is 0 Å². The summed E-state index contributed by atoms with van der Waals surface area (Å²) < 4.78 is 10.7. The summed E-state index contributed by atoms with van der Waals surface area (Å²) in [6.45, 7) is 4.72. The van der Waals surface area contributed by atoms with Crippen LogP contribution in [0.3, 0.4) is 0 Å². The number of esters is 1.